The minimum Gasteiger partial charge on any atom is -0.476 e. The van der Waals surface area contributed by atoms with Gasteiger partial charge in [0.1, 0.15) is 24.4 Å². The van der Waals surface area contributed by atoms with Gasteiger partial charge < -0.3 is 14.4 Å². The quantitative estimate of drug-likeness (QED) is 0.448. The lowest BCUT2D eigenvalue weighted by molar-refractivity contribution is -0.129. The first kappa shape index (κ1) is 14.0. The van der Waals surface area contributed by atoms with Gasteiger partial charge in [0.15, 0.2) is 0 Å². The standard InChI is InChI=1S/C9H10ClN3O5/c1-2-18-13-7(8(15)16)5-4-17-9(11-5)12-6(14)3-10/h4H,2-3H2,1H3,(H,15,16)(H,11,12,14)/b13-7+. The smallest absolute Gasteiger partial charge is 0.360 e. The molecule has 8 nitrogen and oxygen atoms in total. The van der Waals surface area contributed by atoms with Gasteiger partial charge in [0.25, 0.3) is 0 Å². The highest BCUT2D eigenvalue weighted by molar-refractivity contribution is 6.41. The molecule has 98 valence electrons. The number of carboxylic acids is 1. The maximum absolute atomic E-state index is 11.0. The highest BCUT2D eigenvalue weighted by atomic mass is 35.5. The molecule has 0 saturated carbocycles. The number of aromatic nitrogens is 1. The molecule has 0 unspecified atom stereocenters. The predicted molar refractivity (Wildman–Crippen MR) is 61.7 cm³/mol. The van der Waals surface area contributed by atoms with Gasteiger partial charge in [0, 0.05) is 0 Å². The zero-order valence-electron chi connectivity index (χ0n) is 9.34. The van der Waals surface area contributed by atoms with Crippen molar-refractivity contribution in [3.63, 3.8) is 0 Å². The fraction of sp³-hybridized carbons (Fsp3) is 0.333. The van der Waals surface area contributed by atoms with Crippen LogP contribution in [0.25, 0.3) is 0 Å². The molecule has 0 aromatic carbocycles. The lowest BCUT2D eigenvalue weighted by atomic mass is 10.3. The van der Waals surface area contributed by atoms with E-state index in [0.717, 1.165) is 6.26 Å². The summed E-state index contributed by atoms with van der Waals surface area (Å²) in [7, 11) is 0. The number of oxime groups is 1. The van der Waals surface area contributed by atoms with Crippen molar-refractivity contribution in [2.45, 2.75) is 6.92 Å². The summed E-state index contributed by atoms with van der Waals surface area (Å²) in [5, 5.41) is 14.5. The molecule has 0 atom stereocenters. The molecule has 0 saturated heterocycles. The van der Waals surface area contributed by atoms with Gasteiger partial charge in [-0.2, -0.15) is 4.98 Å². The zero-order valence-corrected chi connectivity index (χ0v) is 10.1. The molecule has 0 radical (unpaired) electrons. The normalized spacial score (nSPS) is 11.1. The van der Waals surface area contributed by atoms with Crippen molar-refractivity contribution < 1.29 is 24.0 Å². The maximum Gasteiger partial charge on any atom is 0.360 e. The number of hydrogen-bond donors (Lipinski definition) is 2. The van der Waals surface area contributed by atoms with Crippen molar-refractivity contribution in [3.8, 4) is 0 Å². The Labute approximate surface area is 107 Å². The van der Waals surface area contributed by atoms with Crippen molar-refractivity contribution in [3.05, 3.63) is 12.0 Å². The first-order chi connectivity index (χ1) is 8.58. The Kier molecular flexibility index (Phi) is 5.12. The highest BCUT2D eigenvalue weighted by Gasteiger charge is 2.19. The topological polar surface area (TPSA) is 114 Å². The molecule has 0 aliphatic carbocycles. The molecule has 1 rings (SSSR count). The molecule has 1 amide bonds. The molecule has 0 aliphatic rings. The molecule has 18 heavy (non-hydrogen) atoms. The summed E-state index contributed by atoms with van der Waals surface area (Å²) >= 11 is 5.27. The van der Waals surface area contributed by atoms with Gasteiger partial charge >= 0.3 is 12.0 Å². The van der Waals surface area contributed by atoms with Crippen molar-refractivity contribution >= 4 is 35.2 Å². The van der Waals surface area contributed by atoms with Gasteiger partial charge in [0.2, 0.25) is 11.6 Å². The molecule has 1 aromatic heterocycles. The lowest BCUT2D eigenvalue weighted by Gasteiger charge is -1.96. The van der Waals surface area contributed by atoms with Crippen LogP contribution in [0.3, 0.4) is 0 Å². The van der Waals surface area contributed by atoms with Crippen LogP contribution < -0.4 is 5.32 Å². The van der Waals surface area contributed by atoms with Gasteiger partial charge in [-0.25, -0.2) is 4.79 Å². The Morgan fingerprint density at radius 2 is 2.39 bits per heavy atom. The lowest BCUT2D eigenvalue weighted by Crippen LogP contribution is -2.16. The van der Waals surface area contributed by atoms with E-state index in [2.05, 4.69) is 20.3 Å². The van der Waals surface area contributed by atoms with Gasteiger partial charge in [-0.3, -0.25) is 10.1 Å². The average molecular weight is 276 g/mol. The minimum absolute atomic E-state index is 0.0687. The van der Waals surface area contributed by atoms with Crippen LogP contribution in [0.1, 0.15) is 12.6 Å². The molecule has 1 aromatic rings. The van der Waals surface area contributed by atoms with Crippen molar-refractivity contribution in [2.24, 2.45) is 5.16 Å². The first-order valence-corrected chi connectivity index (χ1v) is 5.36. The zero-order chi connectivity index (χ0) is 13.5. The molecule has 0 aliphatic heterocycles. The largest absolute Gasteiger partial charge is 0.476 e. The molecular weight excluding hydrogens is 266 g/mol. The van der Waals surface area contributed by atoms with E-state index < -0.39 is 17.6 Å². The van der Waals surface area contributed by atoms with E-state index in [1.54, 1.807) is 6.92 Å². The number of rotatable bonds is 6. The maximum atomic E-state index is 11.0. The van der Waals surface area contributed by atoms with Crippen molar-refractivity contribution in [1.29, 1.82) is 0 Å². The number of carbonyl (C=O) groups is 2. The van der Waals surface area contributed by atoms with Gasteiger partial charge in [-0.05, 0) is 6.92 Å². The summed E-state index contributed by atoms with van der Waals surface area (Å²) in [5.74, 6) is -2.12. The SMILES string of the molecule is CCO/N=C(/C(=O)O)c1coc(NC(=O)CCl)n1. The highest BCUT2D eigenvalue weighted by Crippen LogP contribution is 2.09. The Hall–Kier alpha value is -2.09. The first-order valence-electron chi connectivity index (χ1n) is 4.83. The number of aliphatic carboxylic acids is 1. The van der Waals surface area contributed by atoms with Gasteiger partial charge in [0.05, 0.1) is 0 Å². The monoisotopic (exact) mass is 275 g/mol. The second kappa shape index (κ2) is 6.60. The fourth-order valence-corrected chi connectivity index (χ4v) is 0.984. The molecule has 2 N–H and O–H groups in total. The number of carbonyl (C=O) groups excluding carboxylic acids is 1. The number of hydrogen-bond acceptors (Lipinski definition) is 6. The van der Waals surface area contributed by atoms with E-state index in [1.165, 1.54) is 0 Å². The Morgan fingerprint density at radius 3 is 2.94 bits per heavy atom. The molecule has 0 fully saturated rings. The van der Waals surface area contributed by atoms with E-state index in [-0.39, 0.29) is 24.2 Å². The number of oxazole rings is 1. The van der Waals surface area contributed by atoms with E-state index >= 15 is 0 Å². The van der Waals surface area contributed by atoms with Crippen LogP contribution in [0.4, 0.5) is 6.01 Å². The third-order valence-corrected chi connectivity index (χ3v) is 1.84. The summed E-state index contributed by atoms with van der Waals surface area (Å²) in [4.78, 5) is 30.2. The van der Waals surface area contributed by atoms with Gasteiger partial charge in [-0.15, -0.1) is 11.6 Å². The molecular formula is C9H10ClN3O5. The molecule has 9 heteroatoms. The number of halogens is 1. The summed E-state index contributed by atoms with van der Waals surface area (Å²) < 4.78 is 4.85. The second-order valence-electron chi connectivity index (χ2n) is 2.88. The van der Waals surface area contributed by atoms with E-state index in [0.29, 0.717) is 0 Å². The van der Waals surface area contributed by atoms with Crippen LogP contribution in [0.5, 0.6) is 0 Å². The summed E-state index contributed by atoms with van der Waals surface area (Å²) in [6, 6.07) is -0.166. The molecule has 1 heterocycles. The third-order valence-electron chi connectivity index (χ3n) is 1.60. The van der Waals surface area contributed by atoms with Crippen LogP contribution in [-0.2, 0) is 14.4 Å². The Morgan fingerprint density at radius 1 is 1.67 bits per heavy atom. The number of alkyl halides is 1. The summed E-state index contributed by atoms with van der Waals surface area (Å²) in [6.07, 6.45) is 1.04. The van der Waals surface area contributed by atoms with Crippen LogP contribution >= 0.6 is 11.6 Å². The summed E-state index contributed by atoms with van der Waals surface area (Å²) in [5.41, 5.74) is -0.493. The predicted octanol–water partition coefficient (Wildman–Crippen LogP) is 0.677. The van der Waals surface area contributed by atoms with E-state index in [9.17, 15) is 9.59 Å². The number of amides is 1. The minimum atomic E-state index is -1.33. The van der Waals surface area contributed by atoms with E-state index in [4.69, 9.17) is 21.1 Å². The Bertz CT molecular complexity index is 471. The fourth-order valence-electron chi connectivity index (χ4n) is 0.917. The summed E-state index contributed by atoms with van der Waals surface area (Å²) in [6.45, 7) is 1.86. The number of nitrogens with one attached hydrogen (secondary N) is 1. The van der Waals surface area contributed by atoms with E-state index in [1.807, 2.05) is 0 Å². The van der Waals surface area contributed by atoms with Crippen molar-refractivity contribution in [2.75, 3.05) is 17.8 Å². The third kappa shape index (κ3) is 3.74. The van der Waals surface area contributed by atoms with Gasteiger partial charge in [-0.1, -0.05) is 5.16 Å². The second-order valence-corrected chi connectivity index (χ2v) is 3.15. The van der Waals surface area contributed by atoms with Crippen LogP contribution in [0, 0.1) is 0 Å². The average Bonchev–Trinajstić information content (AvgIpc) is 2.77. The Balaban J connectivity index is 2.88. The van der Waals surface area contributed by atoms with Crippen LogP contribution in [0.15, 0.2) is 15.8 Å². The number of anilines is 1. The molecule has 0 bridgehead atoms. The number of nitrogens with zero attached hydrogens (tertiary/aromatic N) is 2. The van der Waals surface area contributed by atoms with Crippen LogP contribution in [-0.4, -0.2) is 40.2 Å². The van der Waals surface area contributed by atoms with Crippen LogP contribution in [0.2, 0.25) is 0 Å². The molecule has 0 spiro atoms. The van der Waals surface area contributed by atoms with Crippen molar-refractivity contribution in [1.82, 2.24) is 4.98 Å². The number of carboxylic acid groups (broad SMARTS) is 1.